The first-order valence-electron chi connectivity index (χ1n) is 11.0. The van der Waals surface area contributed by atoms with E-state index in [1.807, 2.05) is 6.92 Å². The second-order valence-electron chi connectivity index (χ2n) is 9.38. The molecule has 5 nitrogen and oxygen atoms in total. The Hall–Kier alpha value is -2.23. The van der Waals surface area contributed by atoms with Crippen LogP contribution in [0.4, 0.5) is 18.9 Å². The topological polar surface area (TPSA) is 72.8 Å². The summed E-state index contributed by atoms with van der Waals surface area (Å²) < 4.78 is 43.2. The molecule has 2 aliphatic heterocycles. The van der Waals surface area contributed by atoms with Gasteiger partial charge < -0.3 is 15.5 Å². The summed E-state index contributed by atoms with van der Waals surface area (Å²) >= 11 is 1.49. The van der Waals surface area contributed by atoms with Crippen LogP contribution in [0.5, 0.6) is 5.75 Å². The van der Waals surface area contributed by atoms with Crippen molar-refractivity contribution in [2.24, 2.45) is 5.92 Å². The van der Waals surface area contributed by atoms with Gasteiger partial charge in [0, 0.05) is 51.9 Å². The number of benzene rings is 2. The van der Waals surface area contributed by atoms with Crippen molar-refractivity contribution < 1.29 is 28.2 Å². The number of halogens is 3. The van der Waals surface area contributed by atoms with Crippen molar-refractivity contribution in [3.63, 3.8) is 0 Å². The van der Waals surface area contributed by atoms with Gasteiger partial charge in [0.1, 0.15) is 11.3 Å². The van der Waals surface area contributed by atoms with Gasteiger partial charge in [-0.3, -0.25) is 9.69 Å². The number of phenolic OH excluding ortho intramolecular Hbond substituents is 1. The number of nitrogens with zero attached hydrogens (tertiary/aromatic N) is 1. The number of carbonyl (C=O) groups excluding carboxylic acids is 1. The van der Waals surface area contributed by atoms with E-state index in [1.165, 1.54) is 17.8 Å². The summed E-state index contributed by atoms with van der Waals surface area (Å²) in [6.45, 7) is 1.98. The molecule has 33 heavy (non-hydrogen) atoms. The quantitative estimate of drug-likeness (QED) is 0.585. The number of para-hydroxylation sites is 1. The number of aromatic hydroxyl groups is 1. The highest BCUT2D eigenvalue weighted by Crippen LogP contribution is 2.55. The van der Waals surface area contributed by atoms with Crippen molar-refractivity contribution in [3.8, 4) is 5.75 Å². The first-order chi connectivity index (χ1) is 15.6. The maximum Gasteiger partial charge on any atom is 0.420 e. The highest BCUT2D eigenvalue weighted by Gasteiger charge is 2.60. The second-order valence-corrected chi connectivity index (χ2v) is 10.5. The minimum atomic E-state index is -4.96. The molecule has 1 saturated heterocycles. The van der Waals surface area contributed by atoms with Crippen molar-refractivity contribution in [2.45, 2.75) is 50.2 Å². The monoisotopic (exact) mass is 478 g/mol. The van der Waals surface area contributed by atoms with E-state index in [9.17, 15) is 28.2 Å². The molecular formula is C24H25F3N2O3S. The summed E-state index contributed by atoms with van der Waals surface area (Å²) in [5.74, 6) is -1.40. The van der Waals surface area contributed by atoms with Crippen LogP contribution in [0.15, 0.2) is 36.4 Å². The Labute approximate surface area is 194 Å². The lowest BCUT2D eigenvalue weighted by atomic mass is 9.78. The van der Waals surface area contributed by atoms with Crippen LogP contribution < -0.4 is 10.2 Å². The molecular weight excluding hydrogens is 453 g/mol. The largest absolute Gasteiger partial charge is 0.507 e. The number of alkyl halides is 3. The van der Waals surface area contributed by atoms with Crippen LogP contribution >= 0.6 is 11.8 Å². The molecule has 1 atom stereocenters. The fourth-order valence-corrected chi connectivity index (χ4v) is 5.95. The van der Waals surface area contributed by atoms with Crippen molar-refractivity contribution in [3.05, 3.63) is 58.7 Å². The normalized spacial score (nSPS) is 24.4. The third-order valence-corrected chi connectivity index (χ3v) is 8.47. The Bertz CT molecular complexity index is 1100. The van der Waals surface area contributed by atoms with Crippen molar-refractivity contribution >= 4 is 23.4 Å². The maximum atomic E-state index is 14.4. The molecule has 2 fully saturated rings. The molecule has 0 bridgehead atoms. The Balaban J connectivity index is 1.70. The average molecular weight is 479 g/mol. The molecule has 0 aromatic heterocycles. The molecule has 2 aromatic rings. The smallest absolute Gasteiger partial charge is 0.420 e. The number of nitrogens with one attached hydrogen (secondary N) is 1. The standard InChI is InChI=1S/C24H25F3N2O3S/c1-22(8-5-9-22)28-11-14-10-17-18(19(20(14)30)24(25,26)27)23(32,15-12-33-13-15)29(21(17)31)16-6-3-2-4-7-16/h2-4,6-7,10,15,28,30,32H,5,8-9,11-13H2,1H3. The number of hydrogen-bond acceptors (Lipinski definition) is 5. The summed E-state index contributed by atoms with van der Waals surface area (Å²) in [5.41, 5.74) is -4.15. The zero-order chi connectivity index (χ0) is 23.6. The molecule has 1 amide bonds. The number of carbonyl (C=O) groups is 1. The zero-order valence-corrected chi connectivity index (χ0v) is 18.9. The van der Waals surface area contributed by atoms with Gasteiger partial charge in [0.2, 0.25) is 0 Å². The van der Waals surface area contributed by atoms with Crippen molar-refractivity contribution in [2.75, 3.05) is 16.4 Å². The summed E-state index contributed by atoms with van der Waals surface area (Å²) in [6, 6.07) is 9.56. The molecule has 1 aliphatic carbocycles. The van der Waals surface area contributed by atoms with E-state index in [-0.39, 0.29) is 23.2 Å². The van der Waals surface area contributed by atoms with Gasteiger partial charge in [-0.2, -0.15) is 24.9 Å². The number of phenols is 1. The summed E-state index contributed by atoms with van der Waals surface area (Å²) in [5, 5.41) is 25.9. The lowest BCUT2D eigenvalue weighted by Gasteiger charge is -2.45. The first-order valence-corrected chi connectivity index (χ1v) is 12.1. The van der Waals surface area contributed by atoms with Gasteiger partial charge in [0.15, 0.2) is 5.72 Å². The van der Waals surface area contributed by atoms with E-state index in [2.05, 4.69) is 5.32 Å². The van der Waals surface area contributed by atoms with Crippen LogP contribution in [0.25, 0.3) is 0 Å². The lowest BCUT2D eigenvalue weighted by Crippen LogP contribution is -2.54. The van der Waals surface area contributed by atoms with E-state index < -0.39 is 40.6 Å². The number of thioether (sulfide) groups is 1. The fourth-order valence-electron chi connectivity index (χ4n) is 5.02. The summed E-state index contributed by atoms with van der Waals surface area (Å²) in [7, 11) is 0. The number of aliphatic hydroxyl groups is 1. The van der Waals surface area contributed by atoms with Gasteiger partial charge in [-0.15, -0.1) is 0 Å². The Morgan fingerprint density at radius 2 is 1.88 bits per heavy atom. The van der Waals surface area contributed by atoms with Crippen LogP contribution in [0.2, 0.25) is 0 Å². The lowest BCUT2D eigenvalue weighted by molar-refractivity contribution is -0.142. The number of rotatable bonds is 5. The molecule has 0 radical (unpaired) electrons. The van der Waals surface area contributed by atoms with E-state index >= 15 is 0 Å². The van der Waals surface area contributed by atoms with Crippen LogP contribution in [0.3, 0.4) is 0 Å². The minimum Gasteiger partial charge on any atom is -0.507 e. The van der Waals surface area contributed by atoms with Gasteiger partial charge in [0.05, 0.1) is 0 Å². The molecule has 2 aromatic carbocycles. The van der Waals surface area contributed by atoms with Crippen molar-refractivity contribution in [1.29, 1.82) is 0 Å². The van der Waals surface area contributed by atoms with E-state index in [0.29, 0.717) is 17.2 Å². The number of amides is 1. The van der Waals surface area contributed by atoms with Crippen LogP contribution in [-0.4, -0.2) is 33.2 Å². The van der Waals surface area contributed by atoms with Gasteiger partial charge in [0.25, 0.3) is 5.91 Å². The molecule has 3 N–H and O–H groups in total. The van der Waals surface area contributed by atoms with Gasteiger partial charge in [-0.1, -0.05) is 18.2 Å². The molecule has 9 heteroatoms. The van der Waals surface area contributed by atoms with Crippen LogP contribution in [0.1, 0.15) is 53.2 Å². The molecule has 1 saturated carbocycles. The number of hydrogen-bond donors (Lipinski definition) is 3. The zero-order valence-electron chi connectivity index (χ0n) is 18.1. The van der Waals surface area contributed by atoms with Crippen LogP contribution in [-0.2, 0) is 18.4 Å². The fraction of sp³-hybridized carbons (Fsp3) is 0.458. The Morgan fingerprint density at radius 1 is 1.21 bits per heavy atom. The number of fused-ring (bicyclic) bond motifs is 1. The summed E-state index contributed by atoms with van der Waals surface area (Å²) in [4.78, 5) is 14.6. The van der Waals surface area contributed by atoms with Crippen LogP contribution in [0, 0.1) is 5.92 Å². The van der Waals surface area contributed by atoms with E-state index in [0.717, 1.165) is 24.2 Å². The Kier molecular flexibility index (Phi) is 5.23. The third-order valence-electron chi connectivity index (χ3n) is 7.19. The molecule has 2 heterocycles. The highest BCUT2D eigenvalue weighted by molar-refractivity contribution is 8.00. The van der Waals surface area contributed by atoms with Gasteiger partial charge >= 0.3 is 6.18 Å². The molecule has 1 unspecified atom stereocenters. The molecule has 176 valence electrons. The third kappa shape index (κ3) is 3.43. The van der Waals surface area contributed by atoms with Gasteiger partial charge in [-0.05, 0) is 44.4 Å². The average Bonchev–Trinajstić information content (AvgIpc) is 2.90. The van der Waals surface area contributed by atoms with Crippen molar-refractivity contribution in [1.82, 2.24) is 5.32 Å². The first kappa shape index (κ1) is 22.6. The SMILES string of the molecule is CC1(NCc2cc3c(c(C(F)(F)F)c2O)C(O)(C2CSC2)N(c2ccccc2)C3=O)CCC1. The van der Waals surface area contributed by atoms with E-state index in [1.54, 1.807) is 30.3 Å². The second kappa shape index (κ2) is 7.65. The molecule has 3 aliphatic rings. The number of anilines is 1. The molecule has 0 spiro atoms. The summed E-state index contributed by atoms with van der Waals surface area (Å²) in [6.07, 6.45) is -2.14. The van der Waals surface area contributed by atoms with Gasteiger partial charge in [-0.25, -0.2) is 0 Å². The minimum absolute atomic E-state index is 0.00259. The predicted octanol–water partition coefficient (Wildman–Crippen LogP) is 4.61. The molecule has 5 rings (SSSR count). The Morgan fingerprint density at radius 3 is 2.39 bits per heavy atom. The highest BCUT2D eigenvalue weighted by atomic mass is 32.2. The maximum absolute atomic E-state index is 14.4. The predicted molar refractivity (Wildman–Crippen MR) is 120 cm³/mol. The van der Waals surface area contributed by atoms with E-state index in [4.69, 9.17) is 0 Å².